The number of hydrogen-bond acceptors (Lipinski definition) is 3. The molecule has 0 spiro atoms. The van der Waals surface area contributed by atoms with Crippen LogP contribution in [0.5, 0.6) is 0 Å². The molecule has 1 heterocycles. The van der Waals surface area contributed by atoms with Gasteiger partial charge in [-0.25, -0.2) is 4.79 Å². The lowest BCUT2D eigenvalue weighted by atomic mass is 9.98. The summed E-state index contributed by atoms with van der Waals surface area (Å²) in [5.74, 6) is -0.299. The van der Waals surface area contributed by atoms with E-state index in [2.05, 4.69) is 5.32 Å². The molecule has 0 saturated heterocycles. The van der Waals surface area contributed by atoms with Crippen molar-refractivity contribution in [3.05, 3.63) is 29.3 Å². The van der Waals surface area contributed by atoms with Crippen LogP contribution in [0, 0.1) is 0 Å². The van der Waals surface area contributed by atoms with Gasteiger partial charge in [-0.3, -0.25) is 4.79 Å². The van der Waals surface area contributed by atoms with Crippen molar-refractivity contribution in [1.29, 1.82) is 0 Å². The van der Waals surface area contributed by atoms with Crippen molar-refractivity contribution in [2.24, 2.45) is 11.5 Å². The summed E-state index contributed by atoms with van der Waals surface area (Å²) < 4.78 is 0. The van der Waals surface area contributed by atoms with Crippen LogP contribution in [0.1, 0.15) is 36.4 Å². The van der Waals surface area contributed by atoms with Gasteiger partial charge in [0.25, 0.3) is 0 Å². The van der Waals surface area contributed by atoms with Crippen molar-refractivity contribution < 1.29 is 9.59 Å². The molecule has 0 bridgehead atoms. The van der Waals surface area contributed by atoms with Gasteiger partial charge in [-0.1, -0.05) is 12.1 Å². The number of carbonyl (C=O) groups is 2. The molecule has 0 aliphatic carbocycles. The smallest absolute Gasteiger partial charge is 0.321 e. The molecule has 1 atom stereocenters. The number of nitrogens with one attached hydrogen (secondary N) is 1. The molecule has 0 radical (unpaired) electrons. The van der Waals surface area contributed by atoms with Gasteiger partial charge < -0.3 is 21.7 Å². The third-order valence-corrected chi connectivity index (χ3v) is 3.49. The Morgan fingerprint density at radius 2 is 2.25 bits per heavy atom. The maximum atomic E-state index is 11.5. The standard InChI is InChI=1S/C14H20N4O2/c1-18-8-10-7-9(5-6-12(10)17-14(18)20)11(15)3-2-4-13(16)19/h5-7,11H,2-4,8,15H2,1H3,(H2,16,19)(H,17,20). The summed E-state index contributed by atoms with van der Waals surface area (Å²) in [5.41, 5.74) is 14.1. The fraction of sp³-hybridized carbons (Fsp3) is 0.429. The topological polar surface area (TPSA) is 101 Å². The molecule has 5 N–H and O–H groups in total. The predicted molar refractivity (Wildman–Crippen MR) is 76.9 cm³/mol. The van der Waals surface area contributed by atoms with E-state index in [9.17, 15) is 9.59 Å². The fourth-order valence-corrected chi connectivity index (χ4v) is 2.30. The van der Waals surface area contributed by atoms with Crippen molar-refractivity contribution in [3.8, 4) is 0 Å². The van der Waals surface area contributed by atoms with Crippen LogP contribution >= 0.6 is 0 Å². The number of primary amides is 1. The Balaban J connectivity index is 2.05. The van der Waals surface area contributed by atoms with E-state index in [-0.39, 0.29) is 18.0 Å². The zero-order valence-electron chi connectivity index (χ0n) is 11.6. The molecule has 0 aromatic heterocycles. The number of fused-ring (bicyclic) bond motifs is 1. The van der Waals surface area contributed by atoms with E-state index in [4.69, 9.17) is 11.5 Å². The molecule has 1 unspecified atom stereocenters. The summed E-state index contributed by atoms with van der Waals surface area (Å²) in [6.45, 7) is 0.572. The summed E-state index contributed by atoms with van der Waals surface area (Å²) in [6, 6.07) is 5.59. The van der Waals surface area contributed by atoms with Gasteiger partial charge in [0, 0.05) is 31.7 Å². The third kappa shape index (κ3) is 3.27. The van der Waals surface area contributed by atoms with Crippen molar-refractivity contribution >= 4 is 17.6 Å². The fourth-order valence-electron chi connectivity index (χ4n) is 2.30. The second-order valence-electron chi connectivity index (χ2n) is 5.17. The molecule has 1 aromatic rings. The second-order valence-corrected chi connectivity index (χ2v) is 5.17. The molecule has 6 heteroatoms. The van der Waals surface area contributed by atoms with Gasteiger partial charge in [0.05, 0.1) is 0 Å². The highest BCUT2D eigenvalue weighted by Gasteiger charge is 2.20. The third-order valence-electron chi connectivity index (χ3n) is 3.49. The van der Waals surface area contributed by atoms with Crippen molar-refractivity contribution in [2.45, 2.75) is 31.8 Å². The summed E-state index contributed by atoms with van der Waals surface area (Å²) in [6.07, 6.45) is 1.76. The normalized spacial score (nSPS) is 15.5. The van der Waals surface area contributed by atoms with E-state index in [0.717, 1.165) is 16.8 Å². The first-order valence-corrected chi connectivity index (χ1v) is 6.66. The number of urea groups is 1. The minimum atomic E-state index is -0.299. The van der Waals surface area contributed by atoms with Crippen LogP contribution in [-0.2, 0) is 11.3 Å². The van der Waals surface area contributed by atoms with E-state index in [1.807, 2.05) is 18.2 Å². The van der Waals surface area contributed by atoms with Gasteiger partial charge in [0.1, 0.15) is 0 Å². The zero-order valence-corrected chi connectivity index (χ0v) is 11.6. The van der Waals surface area contributed by atoms with Crippen LogP contribution in [0.25, 0.3) is 0 Å². The first kappa shape index (κ1) is 14.3. The molecule has 1 aliphatic heterocycles. The minimum Gasteiger partial charge on any atom is -0.370 e. The molecule has 2 rings (SSSR count). The lowest BCUT2D eigenvalue weighted by Gasteiger charge is -2.27. The monoisotopic (exact) mass is 276 g/mol. The predicted octanol–water partition coefficient (Wildman–Crippen LogP) is 1.32. The minimum absolute atomic E-state index is 0.101. The highest BCUT2D eigenvalue weighted by atomic mass is 16.2. The van der Waals surface area contributed by atoms with Gasteiger partial charge >= 0.3 is 6.03 Å². The number of nitrogens with zero attached hydrogens (tertiary/aromatic N) is 1. The number of nitrogens with two attached hydrogens (primary N) is 2. The number of amides is 3. The van der Waals surface area contributed by atoms with E-state index in [1.54, 1.807) is 11.9 Å². The largest absolute Gasteiger partial charge is 0.370 e. The molecule has 1 aliphatic rings. The molecule has 108 valence electrons. The van der Waals surface area contributed by atoms with Crippen LogP contribution in [0.3, 0.4) is 0 Å². The molecule has 20 heavy (non-hydrogen) atoms. The average molecular weight is 276 g/mol. The maximum Gasteiger partial charge on any atom is 0.321 e. The van der Waals surface area contributed by atoms with Gasteiger partial charge in [0.2, 0.25) is 5.91 Å². The zero-order chi connectivity index (χ0) is 14.7. The van der Waals surface area contributed by atoms with E-state index in [0.29, 0.717) is 25.8 Å². The van der Waals surface area contributed by atoms with E-state index in [1.165, 1.54) is 0 Å². The number of hydrogen-bond donors (Lipinski definition) is 3. The first-order chi connectivity index (χ1) is 9.47. The highest BCUT2D eigenvalue weighted by Crippen LogP contribution is 2.27. The Morgan fingerprint density at radius 1 is 1.50 bits per heavy atom. The SMILES string of the molecule is CN1Cc2cc(C(N)CCCC(N)=O)ccc2NC1=O. The molecule has 3 amide bonds. The number of anilines is 1. The Kier molecular flexibility index (Phi) is 4.24. The first-order valence-electron chi connectivity index (χ1n) is 6.66. The van der Waals surface area contributed by atoms with Crippen LogP contribution in [0.15, 0.2) is 18.2 Å². The number of benzene rings is 1. The quantitative estimate of drug-likeness (QED) is 0.755. The molecule has 6 nitrogen and oxygen atoms in total. The molecule has 0 saturated carbocycles. The number of carbonyl (C=O) groups excluding carboxylic acids is 2. The highest BCUT2D eigenvalue weighted by molar-refractivity contribution is 5.92. The van der Waals surface area contributed by atoms with Gasteiger partial charge in [-0.05, 0) is 30.0 Å². The lowest BCUT2D eigenvalue weighted by Crippen LogP contribution is -2.35. The Labute approximate surface area is 118 Å². The Morgan fingerprint density at radius 3 is 2.95 bits per heavy atom. The van der Waals surface area contributed by atoms with Gasteiger partial charge in [-0.2, -0.15) is 0 Å². The Bertz CT molecular complexity index is 530. The van der Waals surface area contributed by atoms with Crippen LogP contribution < -0.4 is 16.8 Å². The summed E-state index contributed by atoms with van der Waals surface area (Å²) in [4.78, 5) is 23.9. The van der Waals surface area contributed by atoms with Gasteiger partial charge in [-0.15, -0.1) is 0 Å². The van der Waals surface area contributed by atoms with Crippen molar-refractivity contribution in [3.63, 3.8) is 0 Å². The Hall–Kier alpha value is -2.08. The van der Waals surface area contributed by atoms with Crippen LogP contribution in [-0.4, -0.2) is 23.9 Å². The lowest BCUT2D eigenvalue weighted by molar-refractivity contribution is -0.118. The molecular weight excluding hydrogens is 256 g/mol. The van der Waals surface area contributed by atoms with Crippen LogP contribution in [0.2, 0.25) is 0 Å². The summed E-state index contributed by atoms with van der Waals surface area (Å²) in [7, 11) is 1.75. The second kappa shape index (κ2) is 5.92. The van der Waals surface area contributed by atoms with Crippen molar-refractivity contribution in [1.82, 2.24) is 4.90 Å². The average Bonchev–Trinajstić information content (AvgIpc) is 2.39. The van der Waals surface area contributed by atoms with E-state index >= 15 is 0 Å². The summed E-state index contributed by atoms with van der Waals surface area (Å²) >= 11 is 0. The van der Waals surface area contributed by atoms with Crippen molar-refractivity contribution in [2.75, 3.05) is 12.4 Å². The maximum absolute atomic E-state index is 11.5. The van der Waals surface area contributed by atoms with Crippen LogP contribution in [0.4, 0.5) is 10.5 Å². The molecular formula is C14H20N4O2. The molecule has 1 aromatic carbocycles. The number of rotatable bonds is 5. The molecule has 0 fully saturated rings. The van der Waals surface area contributed by atoms with E-state index < -0.39 is 0 Å². The van der Waals surface area contributed by atoms with Gasteiger partial charge in [0.15, 0.2) is 0 Å². The summed E-state index contributed by atoms with van der Waals surface area (Å²) in [5, 5.41) is 2.82.